The average molecular weight is 251 g/mol. The van der Waals surface area contributed by atoms with Crippen LogP contribution in [0.3, 0.4) is 0 Å². The van der Waals surface area contributed by atoms with Crippen LogP contribution in [0.1, 0.15) is 24.7 Å². The second-order valence-corrected chi connectivity index (χ2v) is 4.51. The largest absolute Gasteiger partial charge is 0.304 e. The van der Waals surface area contributed by atoms with Gasteiger partial charge in [0.05, 0.1) is 6.20 Å². The summed E-state index contributed by atoms with van der Waals surface area (Å²) in [7, 11) is 1.93. The lowest BCUT2D eigenvalue weighted by Crippen LogP contribution is -2.06. The van der Waals surface area contributed by atoms with Crippen LogP contribution in [0, 0.1) is 4.77 Å². The van der Waals surface area contributed by atoms with Crippen molar-refractivity contribution in [1.29, 1.82) is 0 Å². The lowest BCUT2D eigenvalue weighted by atomic mass is 10.2. The normalized spacial score (nSPS) is 10.9. The Morgan fingerprint density at radius 3 is 2.88 bits per heavy atom. The molecule has 0 bridgehead atoms. The van der Waals surface area contributed by atoms with Gasteiger partial charge in [0.1, 0.15) is 5.82 Å². The zero-order valence-corrected chi connectivity index (χ0v) is 11.0. The van der Waals surface area contributed by atoms with Crippen molar-refractivity contribution in [3.63, 3.8) is 0 Å². The van der Waals surface area contributed by atoms with E-state index in [0.29, 0.717) is 4.77 Å². The first kappa shape index (κ1) is 12.0. The number of aromatic amines is 1. The minimum Gasteiger partial charge on any atom is -0.304 e. The third-order valence-electron chi connectivity index (χ3n) is 2.69. The average Bonchev–Trinajstić information content (AvgIpc) is 2.85. The van der Waals surface area contributed by atoms with Crippen LogP contribution in [0.5, 0.6) is 0 Å². The van der Waals surface area contributed by atoms with Gasteiger partial charge in [-0.15, -0.1) is 0 Å². The molecule has 0 aromatic carbocycles. The number of hydrogen-bond acceptors (Lipinski definition) is 3. The smallest absolute Gasteiger partial charge is 0.195 e. The fourth-order valence-corrected chi connectivity index (χ4v) is 2.08. The molecule has 6 heteroatoms. The molecule has 0 aliphatic heterocycles. The van der Waals surface area contributed by atoms with E-state index in [-0.39, 0.29) is 0 Å². The summed E-state index contributed by atoms with van der Waals surface area (Å²) in [5.41, 5.74) is 1.22. The summed E-state index contributed by atoms with van der Waals surface area (Å²) in [5, 5.41) is 11.3. The molecule has 2 rings (SSSR count). The predicted octanol–water partition coefficient (Wildman–Crippen LogP) is 1.87. The Morgan fingerprint density at radius 1 is 1.41 bits per heavy atom. The van der Waals surface area contributed by atoms with Crippen molar-refractivity contribution in [3.8, 4) is 0 Å². The van der Waals surface area contributed by atoms with Crippen LogP contribution in [0.2, 0.25) is 0 Å². The molecule has 0 saturated carbocycles. The predicted molar refractivity (Wildman–Crippen MR) is 68.3 cm³/mol. The van der Waals surface area contributed by atoms with Crippen molar-refractivity contribution < 1.29 is 0 Å². The standard InChI is InChI=1S/C11H17N5S/c1-3-4-10-13-14-11(17)16(10)6-5-9-7-12-15(2)8-9/h7-8H,3-6H2,1-2H3,(H,14,17). The molecule has 0 atom stereocenters. The maximum atomic E-state index is 5.23. The molecule has 2 heterocycles. The second kappa shape index (κ2) is 5.27. The SMILES string of the molecule is CCCc1n[nH]c(=S)n1CCc1cnn(C)c1. The van der Waals surface area contributed by atoms with E-state index in [9.17, 15) is 0 Å². The summed E-state index contributed by atoms with van der Waals surface area (Å²) in [6.07, 6.45) is 6.89. The Balaban J connectivity index is 2.08. The van der Waals surface area contributed by atoms with Crippen LogP contribution in [-0.2, 0) is 26.4 Å². The van der Waals surface area contributed by atoms with Crippen LogP contribution in [-0.4, -0.2) is 24.5 Å². The van der Waals surface area contributed by atoms with Gasteiger partial charge in [0.25, 0.3) is 0 Å². The molecule has 0 amide bonds. The van der Waals surface area contributed by atoms with Crippen molar-refractivity contribution >= 4 is 12.2 Å². The molecule has 0 aliphatic rings. The van der Waals surface area contributed by atoms with E-state index in [4.69, 9.17) is 12.2 Å². The number of aryl methyl sites for hydroxylation is 3. The molecule has 0 radical (unpaired) electrons. The van der Waals surface area contributed by atoms with E-state index < -0.39 is 0 Å². The van der Waals surface area contributed by atoms with E-state index in [1.54, 1.807) is 0 Å². The summed E-state index contributed by atoms with van der Waals surface area (Å²) in [5.74, 6) is 1.04. The first-order valence-electron chi connectivity index (χ1n) is 5.82. The highest BCUT2D eigenvalue weighted by atomic mass is 32.1. The van der Waals surface area contributed by atoms with Crippen molar-refractivity contribution in [3.05, 3.63) is 28.6 Å². The zero-order chi connectivity index (χ0) is 12.3. The maximum absolute atomic E-state index is 5.23. The molecule has 2 aromatic heterocycles. The molecular formula is C11H17N5S. The van der Waals surface area contributed by atoms with Gasteiger partial charge < -0.3 is 4.57 Å². The van der Waals surface area contributed by atoms with Crippen LogP contribution in [0.25, 0.3) is 0 Å². The Hall–Kier alpha value is -1.43. The molecule has 0 saturated heterocycles. The molecule has 5 nitrogen and oxygen atoms in total. The van der Waals surface area contributed by atoms with Gasteiger partial charge in [-0.2, -0.15) is 10.2 Å². The van der Waals surface area contributed by atoms with Crippen molar-refractivity contribution in [2.24, 2.45) is 7.05 Å². The van der Waals surface area contributed by atoms with E-state index in [2.05, 4.69) is 26.8 Å². The number of H-pyrrole nitrogens is 1. The van der Waals surface area contributed by atoms with E-state index >= 15 is 0 Å². The molecule has 92 valence electrons. The van der Waals surface area contributed by atoms with E-state index in [1.807, 2.05) is 24.1 Å². The van der Waals surface area contributed by atoms with Crippen molar-refractivity contribution in [1.82, 2.24) is 24.5 Å². The Morgan fingerprint density at radius 2 is 2.24 bits per heavy atom. The minimum atomic E-state index is 0.706. The van der Waals surface area contributed by atoms with Crippen LogP contribution < -0.4 is 0 Å². The number of aromatic nitrogens is 5. The summed E-state index contributed by atoms with van der Waals surface area (Å²) in [6.45, 7) is 3.00. The molecule has 0 aliphatic carbocycles. The van der Waals surface area contributed by atoms with Gasteiger partial charge in [0, 0.05) is 26.2 Å². The molecule has 17 heavy (non-hydrogen) atoms. The van der Waals surface area contributed by atoms with E-state index in [1.165, 1.54) is 5.56 Å². The van der Waals surface area contributed by atoms with Gasteiger partial charge in [0.2, 0.25) is 0 Å². The highest BCUT2D eigenvalue weighted by molar-refractivity contribution is 7.71. The topological polar surface area (TPSA) is 51.4 Å². The van der Waals surface area contributed by atoms with Gasteiger partial charge in [-0.25, -0.2) is 0 Å². The summed E-state index contributed by atoms with van der Waals surface area (Å²) in [4.78, 5) is 0. The lowest BCUT2D eigenvalue weighted by Gasteiger charge is -2.04. The lowest BCUT2D eigenvalue weighted by molar-refractivity contribution is 0.636. The van der Waals surface area contributed by atoms with Crippen LogP contribution >= 0.6 is 12.2 Å². The second-order valence-electron chi connectivity index (χ2n) is 4.12. The first-order valence-corrected chi connectivity index (χ1v) is 6.23. The Kier molecular flexibility index (Phi) is 3.73. The van der Waals surface area contributed by atoms with Gasteiger partial charge in [-0.1, -0.05) is 6.92 Å². The monoisotopic (exact) mass is 251 g/mol. The highest BCUT2D eigenvalue weighted by Gasteiger charge is 2.05. The summed E-state index contributed by atoms with van der Waals surface area (Å²) < 4.78 is 4.60. The molecular weight excluding hydrogens is 234 g/mol. The van der Waals surface area contributed by atoms with Gasteiger partial charge in [-0.3, -0.25) is 9.78 Å². The van der Waals surface area contributed by atoms with Gasteiger partial charge in [-0.05, 0) is 30.6 Å². The van der Waals surface area contributed by atoms with E-state index in [0.717, 1.165) is 31.6 Å². The number of nitrogens with one attached hydrogen (secondary N) is 1. The molecule has 1 N–H and O–H groups in total. The van der Waals surface area contributed by atoms with Crippen molar-refractivity contribution in [2.45, 2.75) is 32.7 Å². The summed E-state index contributed by atoms with van der Waals surface area (Å²) >= 11 is 5.23. The quantitative estimate of drug-likeness (QED) is 0.825. The van der Waals surface area contributed by atoms with Crippen LogP contribution in [0.15, 0.2) is 12.4 Å². The number of nitrogens with zero attached hydrogens (tertiary/aromatic N) is 4. The third kappa shape index (κ3) is 2.82. The fourth-order valence-electron chi connectivity index (χ4n) is 1.84. The maximum Gasteiger partial charge on any atom is 0.195 e. The number of rotatable bonds is 5. The Bertz CT molecular complexity index is 536. The molecule has 2 aromatic rings. The Labute approximate surface area is 105 Å². The minimum absolute atomic E-state index is 0.706. The fraction of sp³-hybridized carbons (Fsp3) is 0.545. The molecule has 0 spiro atoms. The highest BCUT2D eigenvalue weighted by Crippen LogP contribution is 2.05. The molecule has 0 unspecified atom stereocenters. The van der Waals surface area contributed by atoms with Gasteiger partial charge in [0.15, 0.2) is 4.77 Å². The first-order chi connectivity index (χ1) is 8.20. The van der Waals surface area contributed by atoms with Gasteiger partial charge >= 0.3 is 0 Å². The zero-order valence-electron chi connectivity index (χ0n) is 10.2. The van der Waals surface area contributed by atoms with Crippen LogP contribution in [0.4, 0.5) is 0 Å². The summed E-state index contributed by atoms with van der Waals surface area (Å²) in [6, 6.07) is 0. The molecule has 0 fully saturated rings. The van der Waals surface area contributed by atoms with Crippen molar-refractivity contribution in [2.75, 3.05) is 0 Å². The number of hydrogen-bond donors (Lipinski definition) is 1. The third-order valence-corrected chi connectivity index (χ3v) is 3.01.